The Morgan fingerprint density at radius 2 is 1.83 bits per heavy atom. The molecule has 136 valence electrons. The maximum Gasteiger partial charge on any atom is 0.337 e. The van der Waals surface area contributed by atoms with Crippen molar-refractivity contribution in [3.63, 3.8) is 0 Å². The van der Waals surface area contributed by atoms with Crippen LogP contribution in [0.1, 0.15) is 65.2 Å². The summed E-state index contributed by atoms with van der Waals surface area (Å²) in [4.78, 5) is 24.2. The Balaban J connectivity index is 2.08. The minimum atomic E-state index is -0.341. The van der Waals surface area contributed by atoms with Gasteiger partial charge in [0.2, 0.25) is 0 Å². The van der Waals surface area contributed by atoms with Crippen molar-refractivity contribution in [2.24, 2.45) is 0 Å². The number of esters is 1. The SMILES string of the molecule is CCOC(=O)C1=C(CNC2CCCCCCC2)NC(=O)N[C@H]1CC. The molecule has 1 aliphatic heterocycles. The Bertz CT molecular complexity index is 468. The summed E-state index contributed by atoms with van der Waals surface area (Å²) in [6.45, 7) is 4.58. The van der Waals surface area contributed by atoms with E-state index in [-0.39, 0.29) is 18.0 Å². The highest BCUT2D eigenvalue weighted by Crippen LogP contribution is 2.19. The Morgan fingerprint density at radius 3 is 2.46 bits per heavy atom. The first-order valence-corrected chi connectivity index (χ1v) is 9.36. The lowest BCUT2D eigenvalue weighted by atomic mass is 9.96. The lowest BCUT2D eigenvalue weighted by molar-refractivity contribution is -0.139. The molecule has 0 bridgehead atoms. The molecule has 0 radical (unpaired) electrons. The van der Waals surface area contributed by atoms with Crippen LogP contribution in [0.5, 0.6) is 0 Å². The molecular formula is C18H31N3O3. The molecule has 0 saturated heterocycles. The van der Waals surface area contributed by atoms with Gasteiger partial charge in [0.1, 0.15) is 0 Å². The molecule has 0 spiro atoms. The molecule has 3 N–H and O–H groups in total. The molecule has 0 unspecified atom stereocenters. The zero-order chi connectivity index (χ0) is 17.4. The molecule has 0 aromatic carbocycles. The van der Waals surface area contributed by atoms with Crippen molar-refractivity contribution in [1.82, 2.24) is 16.0 Å². The molecule has 2 aliphatic rings. The minimum absolute atomic E-state index is 0.246. The van der Waals surface area contributed by atoms with Crippen LogP contribution in [0.3, 0.4) is 0 Å². The number of amides is 2. The summed E-state index contributed by atoms with van der Waals surface area (Å²) >= 11 is 0. The van der Waals surface area contributed by atoms with E-state index in [1.807, 2.05) is 6.92 Å². The van der Waals surface area contributed by atoms with E-state index in [2.05, 4.69) is 16.0 Å². The van der Waals surface area contributed by atoms with Crippen molar-refractivity contribution in [2.45, 2.75) is 77.3 Å². The Morgan fingerprint density at radius 1 is 1.17 bits per heavy atom. The maximum absolute atomic E-state index is 12.3. The average molecular weight is 337 g/mol. The van der Waals surface area contributed by atoms with E-state index < -0.39 is 0 Å². The molecule has 1 saturated carbocycles. The highest BCUT2D eigenvalue weighted by atomic mass is 16.5. The maximum atomic E-state index is 12.3. The van der Waals surface area contributed by atoms with Gasteiger partial charge in [0.15, 0.2) is 0 Å². The van der Waals surface area contributed by atoms with Gasteiger partial charge in [0.25, 0.3) is 0 Å². The Kier molecular flexibility index (Phi) is 7.56. The van der Waals surface area contributed by atoms with Crippen LogP contribution in [-0.2, 0) is 9.53 Å². The molecule has 6 heteroatoms. The van der Waals surface area contributed by atoms with E-state index in [1.54, 1.807) is 6.92 Å². The number of urea groups is 1. The van der Waals surface area contributed by atoms with Crippen LogP contribution in [0.25, 0.3) is 0 Å². The van der Waals surface area contributed by atoms with Crippen LogP contribution in [0.4, 0.5) is 4.79 Å². The number of ether oxygens (including phenoxy) is 1. The van der Waals surface area contributed by atoms with Gasteiger partial charge in [-0.25, -0.2) is 9.59 Å². The van der Waals surface area contributed by atoms with E-state index in [9.17, 15) is 9.59 Å². The fourth-order valence-electron chi connectivity index (χ4n) is 3.51. The van der Waals surface area contributed by atoms with Crippen LogP contribution >= 0.6 is 0 Å². The molecule has 2 amide bonds. The molecule has 1 heterocycles. The lowest BCUT2D eigenvalue weighted by Crippen LogP contribution is -2.52. The number of carbonyl (C=O) groups is 2. The first-order valence-electron chi connectivity index (χ1n) is 9.36. The molecule has 2 rings (SSSR count). The van der Waals surface area contributed by atoms with Crippen LogP contribution in [0.2, 0.25) is 0 Å². The second-order valence-corrected chi connectivity index (χ2v) is 6.59. The van der Waals surface area contributed by atoms with Gasteiger partial charge in [0.05, 0.1) is 18.2 Å². The van der Waals surface area contributed by atoms with Gasteiger partial charge in [-0.1, -0.05) is 39.0 Å². The highest BCUT2D eigenvalue weighted by molar-refractivity contribution is 5.94. The monoisotopic (exact) mass is 337 g/mol. The number of hydrogen-bond donors (Lipinski definition) is 3. The molecule has 24 heavy (non-hydrogen) atoms. The molecule has 1 fully saturated rings. The normalized spacial score (nSPS) is 23.1. The first kappa shape index (κ1) is 18.8. The Labute approximate surface area is 144 Å². The summed E-state index contributed by atoms with van der Waals surface area (Å²) in [6, 6.07) is -0.0793. The minimum Gasteiger partial charge on any atom is -0.463 e. The van der Waals surface area contributed by atoms with Crippen molar-refractivity contribution >= 4 is 12.0 Å². The summed E-state index contributed by atoms with van der Waals surface area (Å²) in [7, 11) is 0. The fraction of sp³-hybridized carbons (Fsp3) is 0.778. The zero-order valence-electron chi connectivity index (χ0n) is 15.0. The van der Waals surface area contributed by atoms with Crippen molar-refractivity contribution in [1.29, 1.82) is 0 Å². The Hall–Kier alpha value is -1.56. The van der Waals surface area contributed by atoms with Crippen LogP contribution in [0, 0.1) is 0 Å². The average Bonchev–Trinajstić information content (AvgIpc) is 2.53. The first-order chi connectivity index (χ1) is 11.7. The quantitative estimate of drug-likeness (QED) is 0.651. The fourth-order valence-corrected chi connectivity index (χ4v) is 3.51. The van der Waals surface area contributed by atoms with Crippen LogP contribution in [0.15, 0.2) is 11.3 Å². The van der Waals surface area contributed by atoms with Gasteiger partial charge < -0.3 is 20.7 Å². The molecule has 6 nitrogen and oxygen atoms in total. The van der Waals surface area contributed by atoms with Crippen molar-refractivity contribution < 1.29 is 14.3 Å². The summed E-state index contributed by atoms with van der Waals surface area (Å²) in [5.74, 6) is -0.341. The standard InChI is InChI=1S/C18H31N3O3/c1-3-14-16(17(22)24-4-2)15(21-18(23)20-14)12-19-13-10-8-6-5-7-9-11-13/h13-14,19H,3-12H2,1-2H3,(H2,20,21,23)/t14-/m0/s1. The van der Waals surface area contributed by atoms with Crippen LogP contribution in [-0.4, -0.2) is 37.2 Å². The number of hydrogen-bond acceptors (Lipinski definition) is 4. The number of rotatable bonds is 6. The summed E-state index contributed by atoms with van der Waals surface area (Å²) in [5.41, 5.74) is 1.21. The highest BCUT2D eigenvalue weighted by Gasteiger charge is 2.31. The second-order valence-electron chi connectivity index (χ2n) is 6.59. The van der Waals surface area contributed by atoms with Crippen molar-refractivity contribution in [3.05, 3.63) is 11.3 Å². The predicted molar refractivity (Wildman–Crippen MR) is 93.5 cm³/mol. The topological polar surface area (TPSA) is 79.5 Å². The summed E-state index contributed by atoms with van der Waals surface area (Å²) in [6.07, 6.45) is 9.40. The molecule has 0 aromatic heterocycles. The lowest BCUT2D eigenvalue weighted by Gasteiger charge is -2.30. The zero-order valence-corrected chi connectivity index (χ0v) is 15.0. The molecular weight excluding hydrogens is 306 g/mol. The molecule has 1 aliphatic carbocycles. The largest absolute Gasteiger partial charge is 0.463 e. The van der Waals surface area contributed by atoms with E-state index in [1.165, 1.54) is 32.1 Å². The van der Waals surface area contributed by atoms with Gasteiger partial charge in [-0.05, 0) is 26.2 Å². The third-order valence-corrected chi connectivity index (χ3v) is 4.82. The van der Waals surface area contributed by atoms with Crippen molar-refractivity contribution in [2.75, 3.05) is 13.2 Å². The number of nitrogens with one attached hydrogen (secondary N) is 3. The van der Waals surface area contributed by atoms with Crippen LogP contribution < -0.4 is 16.0 Å². The van der Waals surface area contributed by atoms with Gasteiger partial charge in [-0.2, -0.15) is 0 Å². The van der Waals surface area contributed by atoms with E-state index in [4.69, 9.17) is 4.74 Å². The van der Waals surface area contributed by atoms with Gasteiger partial charge >= 0.3 is 12.0 Å². The molecule has 1 atom stereocenters. The predicted octanol–water partition coefficient (Wildman–Crippen LogP) is 2.60. The third-order valence-electron chi connectivity index (χ3n) is 4.82. The van der Waals surface area contributed by atoms with Gasteiger partial charge in [0, 0.05) is 18.3 Å². The third kappa shape index (κ3) is 5.23. The summed E-state index contributed by atoms with van der Waals surface area (Å²) in [5, 5.41) is 9.15. The smallest absolute Gasteiger partial charge is 0.337 e. The van der Waals surface area contributed by atoms with E-state index >= 15 is 0 Å². The van der Waals surface area contributed by atoms with Crippen molar-refractivity contribution in [3.8, 4) is 0 Å². The van der Waals surface area contributed by atoms with E-state index in [0.29, 0.717) is 36.9 Å². The summed E-state index contributed by atoms with van der Waals surface area (Å²) < 4.78 is 5.19. The van der Waals surface area contributed by atoms with E-state index in [0.717, 1.165) is 12.8 Å². The molecule has 0 aromatic rings. The number of carbonyl (C=O) groups excluding carboxylic acids is 2. The van der Waals surface area contributed by atoms with Gasteiger partial charge in [-0.15, -0.1) is 0 Å². The second kappa shape index (κ2) is 9.67. The van der Waals surface area contributed by atoms with Gasteiger partial charge in [-0.3, -0.25) is 0 Å².